The molecule has 1 aromatic heterocycles. The summed E-state index contributed by atoms with van der Waals surface area (Å²) in [6.45, 7) is 0.365. The molecule has 2 aromatic carbocycles. The monoisotopic (exact) mass is 483 g/mol. The molecule has 0 atom stereocenters. The Morgan fingerprint density at radius 2 is 1.76 bits per heavy atom. The molecule has 0 saturated heterocycles. The van der Waals surface area contributed by atoms with Gasteiger partial charge in [0, 0.05) is 30.3 Å². The van der Waals surface area contributed by atoms with Crippen LogP contribution >= 0.6 is 23.4 Å². The fourth-order valence-electron chi connectivity index (χ4n) is 3.94. The summed E-state index contributed by atoms with van der Waals surface area (Å²) in [5, 5.41) is 15.3. The van der Waals surface area contributed by atoms with E-state index in [1.807, 2.05) is 54.6 Å². The molecule has 0 unspecified atom stereocenters. The molecule has 7 nitrogen and oxygen atoms in total. The van der Waals surface area contributed by atoms with Gasteiger partial charge in [-0.15, -0.1) is 10.2 Å². The molecule has 1 aliphatic carbocycles. The Morgan fingerprint density at radius 1 is 1.03 bits per heavy atom. The van der Waals surface area contributed by atoms with Crippen molar-refractivity contribution in [1.29, 1.82) is 0 Å². The molecule has 1 heterocycles. The van der Waals surface area contributed by atoms with E-state index in [0.29, 0.717) is 23.4 Å². The van der Waals surface area contributed by atoms with E-state index in [9.17, 15) is 9.59 Å². The summed E-state index contributed by atoms with van der Waals surface area (Å²) in [7, 11) is 0. The molecular weight excluding hydrogens is 458 g/mol. The minimum absolute atomic E-state index is 0.197. The molecule has 1 saturated carbocycles. The van der Waals surface area contributed by atoms with Gasteiger partial charge in [0.05, 0.1) is 5.02 Å². The molecule has 3 aromatic rings. The quantitative estimate of drug-likeness (QED) is 0.429. The van der Waals surface area contributed by atoms with Crippen molar-refractivity contribution in [3.63, 3.8) is 0 Å². The van der Waals surface area contributed by atoms with Gasteiger partial charge in [-0.05, 0) is 30.5 Å². The van der Waals surface area contributed by atoms with Crippen LogP contribution in [0, 0.1) is 0 Å². The molecule has 9 heteroatoms. The third-order valence-corrected chi connectivity index (χ3v) is 6.85. The summed E-state index contributed by atoms with van der Waals surface area (Å²) < 4.78 is 2.17. The van der Waals surface area contributed by atoms with E-state index in [4.69, 9.17) is 11.6 Å². The number of halogens is 1. The molecule has 2 N–H and O–H groups in total. The second-order valence-corrected chi connectivity index (χ2v) is 9.38. The fourth-order valence-corrected chi connectivity index (χ4v) is 5.10. The van der Waals surface area contributed by atoms with Crippen LogP contribution < -0.4 is 10.6 Å². The van der Waals surface area contributed by atoms with Crippen LogP contribution in [-0.4, -0.2) is 32.5 Å². The Bertz CT molecular complexity index is 1100. The van der Waals surface area contributed by atoms with Crippen LogP contribution in [0.3, 0.4) is 0 Å². The predicted molar refractivity (Wildman–Crippen MR) is 130 cm³/mol. The van der Waals surface area contributed by atoms with Crippen molar-refractivity contribution in [2.45, 2.75) is 49.8 Å². The van der Waals surface area contributed by atoms with E-state index in [0.717, 1.165) is 34.9 Å². The third-order valence-electron chi connectivity index (χ3n) is 5.58. The number of aromatic nitrogens is 3. The van der Waals surface area contributed by atoms with Crippen LogP contribution in [0.15, 0.2) is 59.8 Å². The van der Waals surface area contributed by atoms with E-state index >= 15 is 0 Å². The van der Waals surface area contributed by atoms with Gasteiger partial charge in [0.25, 0.3) is 0 Å². The lowest BCUT2D eigenvalue weighted by molar-refractivity contribution is -0.119. The molecule has 1 aliphatic rings. The average Bonchev–Trinajstić information content (AvgIpc) is 3.49. The number of benzene rings is 2. The number of urea groups is 1. The smallest absolute Gasteiger partial charge is 0.321 e. The van der Waals surface area contributed by atoms with Crippen molar-refractivity contribution >= 4 is 35.3 Å². The van der Waals surface area contributed by atoms with Crippen molar-refractivity contribution in [3.05, 3.63) is 65.2 Å². The fraction of sp³-hybridized carbons (Fsp3) is 0.333. The van der Waals surface area contributed by atoms with Crippen LogP contribution in [0.2, 0.25) is 5.02 Å². The number of nitrogens with zero attached hydrogens (tertiary/aromatic N) is 3. The first kappa shape index (κ1) is 23.3. The van der Waals surface area contributed by atoms with E-state index < -0.39 is 6.03 Å². The van der Waals surface area contributed by atoms with Gasteiger partial charge in [0.2, 0.25) is 5.91 Å². The zero-order valence-electron chi connectivity index (χ0n) is 18.2. The van der Waals surface area contributed by atoms with Gasteiger partial charge in [0.15, 0.2) is 11.0 Å². The van der Waals surface area contributed by atoms with Gasteiger partial charge in [0.1, 0.15) is 0 Å². The third kappa shape index (κ3) is 6.15. The first-order valence-electron chi connectivity index (χ1n) is 11.1. The molecule has 0 radical (unpaired) electrons. The Labute approximate surface area is 202 Å². The van der Waals surface area contributed by atoms with Crippen molar-refractivity contribution in [2.75, 3.05) is 5.75 Å². The lowest BCUT2D eigenvalue weighted by atomic mass is 10.2. The average molecular weight is 484 g/mol. The van der Waals surface area contributed by atoms with E-state index in [1.165, 1.54) is 24.6 Å². The Kier molecular flexibility index (Phi) is 8.01. The maximum absolute atomic E-state index is 12.2. The normalized spacial score (nSPS) is 13.7. The zero-order chi connectivity index (χ0) is 23.0. The van der Waals surface area contributed by atoms with Gasteiger partial charge in [-0.2, -0.15) is 0 Å². The van der Waals surface area contributed by atoms with Crippen molar-refractivity contribution < 1.29 is 9.59 Å². The first-order chi connectivity index (χ1) is 16.1. The number of nitrogens with one attached hydrogen (secondary N) is 2. The molecule has 4 rings (SSSR count). The summed E-state index contributed by atoms with van der Waals surface area (Å²) >= 11 is 7.90. The van der Waals surface area contributed by atoms with Crippen molar-refractivity contribution in [2.24, 2.45) is 0 Å². The first-order valence-corrected chi connectivity index (χ1v) is 12.4. The number of hydrogen-bond acceptors (Lipinski definition) is 5. The van der Waals surface area contributed by atoms with Crippen LogP contribution in [-0.2, 0) is 11.3 Å². The Morgan fingerprint density at radius 3 is 2.52 bits per heavy atom. The van der Waals surface area contributed by atoms with Crippen molar-refractivity contribution in [3.8, 4) is 11.4 Å². The lowest BCUT2D eigenvalue weighted by Crippen LogP contribution is -2.39. The highest BCUT2D eigenvalue weighted by Crippen LogP contribution is 2.38. The Hall–Kier alpha value is -2.84. The van der Waals surface area contributed by atoms with Crippen molar-refractivity contribution in [1.82, 2.24) is 25.4 Å². The van der Waals surface area contributed by atoms with Crippen LogP contribution in [0.1, 0.15) is 43.7 Å². The molecule has 172 valence electrons. The maximum Gasteiger partial charge on any atom is 0.321 e. The second kappa shape index (κ2) is 11.3. The van der Waals surface area contributed by atoms with Gasteiger partial charge in [-0.25, -0.2) is 4.79 Å². The highest BCUT2D eigenvalue weighted by atomic mass is 35.5. The number of imide groups is 1. The van der Waals surface area contributed by atoms with Gasteiger partial charge in [-0.3, -0.25) is 14.7 Å². The van der Waals surface area contributed by atoms with E-state index in [-0.39, 0.29) is 12.3 Å². The van der Waals surface area contributed by atoms with Gasteiger partial charge >= 0.3 is 6.03 Å². The number of thioether (sulfide) groups is 1. The van der Waals surface area contributed by atoms with E-state index in [2.05, 4.69) is 25.4 Å². The molecule has 0 bridgehead atoms. The van der Waals surface area contributed by atoms with E-state index in [1.54, 1.807) is 0 Å². The minimum Gasteiger partial charge on any atom is -0.334 e. The van der Waals surface area contributed by atoms with Crippen LogP contribution in [0.4, 0.5) is 4.79 Å². The van der Waals surface area contributed by atoms with Crippen LogP contribution in [0.25, 0.3) is 11.4 Å². The number of hydrogen-bond donors (Lipinski definition) is 2. The molecule has 3 amide bonds. The lowest BCUT2D eigenvalue weighted by Gasteiger charge is -2.17. The highest BCUT2D eigenvalue weighted by Gasteiger charge is 2.25. The molecule has 33 heavy (non-hydrogen) atoms. The second-order valence-electron chi connectivity index (χ2n) is 7.91. The number of amides is 3. The summed E-state index contributed by atoms with van der Waals surface area (Å²) in [6.07, 6.45) is 4.70. The summed E-state index contributed by atoms with van der Waals surface area (Å²) in [6, 6.07) is 17.0. The summed E-state index contributed by atoms with van der Waals surface area (Å²) in [4.78, 5) is 24.2. The van der Waals surface area contributed by atoms with Gasteiger partial charge in [-0.1, -0.05) is 78.7 Å². The standard InChI is InChI=1S/C24H26ClN5O2S/c25-20-13-7-6-12-19(20)22-28-29-24(30(22)18-10-4-5-11-18)33-15-14-21(31)27-23(32)26-16-17-8-2-1-3-9-17/h1-3,6-9,12-13,18H,4-5,10-11,14-16H2,(H2,26,27,31,32). The zero-order valence-corrected chi connectivity index (χ0v) is 19.7. The number of carbonyl (C=O) groups is 2. The highest BCUT2D eigenvalue weighted by molar-refractivity contribution is 7.99. The Balaban J connectivity index is 1.34. The number of carbonyl (C=O) groups excluding carboxylic acids is 2. The number of rotatable bonds is 8. The molecule has 0 spiro atoms. The van der Waals surface area contributed by atoms with Gasteiger partial charge < -0.3 is 5.32 Å². The summed E-state index contributed by atoms with van der Waals surface area (Å²) in [5.41, 5.74) is 1.83. The summed E-state index contributed by atoms with van der Waals surface area (Å²) in [5.74, 6) is 0.927. The largest absolute Gasteiger partial charge is 0.334 e. The topological polar surface area (TPSA) is 88.9 Å². The SMILES string of the molecule is O=C(CCSc1nnc(-c2ccccc2Cl)n1C1CCCC1)NC(=O)NCc1ccccc1. The predicted octanol–water partition coefficient (Wildman–Crippen LogP) is 5.22. The maximum atomic E-state index is 12.2. The minimum atomic E-state index is -0.496. The molecule has 1 fully saturated rings. The molecular formula is C24H26ClN5O2S. The van der Waals surface area contributed by atoms with Crippen LogP contribution in [0.5, 0.6) is 0 Å². The molecule has 0 aliphatic heterocycles.